The minimum absolute atomic E-state index is 0.285. The van der Waals surface area contributed by atoms with Crippen LogP contribution in [0.4, 0.5) is 5.82 Å². The predicted molar refractivity (Wildman–Crippen MR) is 58.2 cm³/mol. The molecule has 0 amide bonds. The molecule has 0 bridgehead atoms. The Morgan fingerprint density at radius 3 is 3.00 bits per heavy atom. The topological polar surface area (TPSA) is 58.5 Å². The molecule has 1 atom stereocenters. The second kappa shape index (κ2) is 5.85. The van der Waals surface area contributed by atoms with Gasteiger partial charge in [0.25, 0.3) is 0 Å². The van der Waals surface area contributed by atoms with Gasteiger partial charge in [-0.3, -0.25) is 0 Å². The lowest BCUT2D eigenvalue weighted by atomic mass is 10.3. The van der Waals surface area contributed by atoms with Gasteiger partial charge in [0.15, 0.2) is 5.82 Å². The molecule has 1 aromatic heterocycles. The summed E-state index contributed by atoms with van der Waals surface area (Å²) in [6, 6.07) is 0. The Labute approximate surface area is 93.7 Å². The average Bonchev–Trinajstić information content (AvgIpc) is 2.18. The lowest BCUT2D eigenvalue weighted by Crippen LogP contribution is -2.32. The van der Waals surface area contributed by atoms with Crippen LogP contribution in [0.1, 0.15) is 0 Å². The standard InChI is InChI=1S/C9H14ClN3O2/c1-13(4-7(14)5-15-2)9-8(10)3-11-6-12-9/h3,6-7,14H,4-5H2,1-2H3. The highest BCUT2D eigenvalue weighted by atomic mass is 35.5. The van der Waals surface area contributed by atoms with Crippen LogP contribution >= 0.6 is 11.6 Å². The Morgan fingerprint density at radius 1 is 1.67 bits per heavy atom. The number of halogens is 1. The minimum Gasteiger partial charge on any atom is -0.389 e. The Balaban J connectivity index is 2.61. The Bertz CT molecular complexity index is 311. The zero-order valence-corrected chi connectivity index (χ0v) is 9.48. The summed E-state index contributed by atoms with van der Waals surface area (Å²) in [5.41, 5.74) is 0. The van der Waals surface area contributed by atoms with E-state index in [1.54, 1.807) is 19.1 Å². The number of hydrogen-bond donors (Lipinski definition) is 1. The molecule has 84 valence electrons. The molecule has 0 aliphatic rings. The van der Waals surface area contributed by atoms with E-state index < -0.39 is 6.10 Å². The van der Waals surface area contributed by atoms with Gasteiger partial charge in [-0.1, -0.05) is 11.6 Å². The number of aliphatic hydroxyl groups is 1. The Hall–Kier alpha value is -0.910. The van der Waals surface area contributed by atoms with E-state index in [1.165, 1.54) is 12.5 Å². The van der Waals surface area contributed by atoms with Gasteiger partial charge in [0, 0.05) is 20.7 Å². The Morgan fingerprint density at radius 2 is 2.40 bits per heavy atom. The summed E-state index contributed by atoms with van der Waals surface area (Å²) >= 11 is 5.90. The zero-order valence-electron chi connectivity index (χ0n) is 8.72. The van der Waals surface area contributed by atoms with E-state index in [9.17, 15) is 5.11 Å². The molecule has 0 saturated carbocycles. The van der Waals surface area contributed by atoms with Gasteiger partial charge < -0.3 is 14.7 Å². The second-order valence-corrected chi connectivity index (χ2v) is 3.59. The quantitative estimate of drug-likeness (QED) is 0.803. The highest BCUT2D eigenvalue weighted by Gasteiger charge is 2.12. The van der Waals surface area contributed by atoms with Crippen molar-refractivity contribution in [2.45, 2.75) is 6.10 Å². The van der Waals surface area contributed by atoms with Gasteiger partial charge in [-0.05, 0) is 0 Å². The fourth-order valence-corrected chi connectivity index (χ4v) is 1.48. The number of likely N-dealkylation sites (N-methyl/N-ethyl adjacent to an activating group) is 1. The van der Waals surface area contributed by atoms with Crippen LogP contribution in [0.3, 0.4) is 0 Å². The molecule has 0 aliphatic heterocycles. The molecule has 5 nitrogen and oxygen atoms in total. The molecule has 15 heavy (non-hydrogen) atoms. The molecule has 0 fully saturated rings. The summed E-state index contributed by atoms with van der Waals surface area (Å²) in [5, 5.41) is 9.98. The number of ether oxygens (including phenoxy) is 1. The van der Waals surface area contributed by atoms with Crippen LogP contribution in [-0.2, 0) is 4.74 Å². The molecular weight excluding hydrogens is 218 g/mol. The molecule has 0 aliphatic carbocycles. The van der Waals surface area contributed by atoms with E-state index in [2.05, 4.69) is 9.97 Å². The maximum Gasteiger partial charge on any atom is 0.150 e. The van der Waals surface area contributed by atoms with Crippen molar-refractivity contribution in [1.82, 2.24) is 9.97 Å². The maximum atomic E-state index is 9.52. The first-order valence-electron chi connectivity index (χ1n) is 4.48. The van der Waals surface area contributed by atoms with Crippen LogP contribution in [0, 0.1) is 0 Å². The number of aromatic nitrogens is 2. The summed E-state index contributed by atoms with van der Waals surface area (Å²) in [7, 11) is 3.34. The predicted octanol–water partition coefficient (Wildman–Crippen LogP) is 0.573. The molecule has 1 aromatic rings. The van der Waals surface area contributed by atoms with Crippen LogP contribution in [0.25, 0.3) is 0 Å². The fraction of sp³-hybridized carbons (Fsp3) is 0.556. The van der Waals surface area contributed by atoms with E-state index in [0.29, 0.717) is 17.4 Å². The van der Waals surface area contributed by atoms with Crippen LogP contribution in [0.2, 0.25) is 5.02 Å². The summed E-state index contributed by atoms with van der Waals surface area (Å²) in [4.78, 5) is 9.57. The molecule has 0 saturated heterocycles. The van der Waals surface area contributed by atoms with Crippen molar-refractivity contribution in [3.63, 3.8) is 0 Å². The van der Waals surface area contributed by atoms with Gasteiger partial charge >= 0.3 is 0 Å². The first-order chi connectivity index (χ1) is 7.15. The van der Waals surface area contributed by atoms with Crippen LogP contribution in [0.15, 0.2) is 12.5 Å². The lowest BCUT2D eigenvalue weighted by molar-refractivity contribution is 0.0694. The third-order valence-electron chi connectivity index (χ3n) is 1.85. The van der Waals surface area contributed by atoms with Crippen molar-refractivity contribution >= 4 is 17.4 Å². The van der Waals surface area contributed by atoms with Crippen LogP contribution < -0.4 is 4.90 Å². The molecule has 0 radical (unpaired) electrons. The molecule has 6 heteroatoms. The SMILES string of the molecule is COCC(O)CN(C)c1ncncc1Cl. The van der Waals surface area contributed by atoms with E-state index in [0.717, 1.165) is 0 Å². The van der Waals surface area contributed by atoms with Crippen molar-refractivity contribution < 1.29 is 9.84 Å². The third-order valence-corrected chi connectivity index (χ3v) is 2.12. The van der Waals surface area contributed by atoms with Gasteiger partial charge in [0.05, 0.1) is 18.9 Å². The van der Waals surface area contributed by atoms with Crippen molar-refractivity contribution in [2.75, 3.05) is 32.2 Å². The molecule has 1 N–H and O–H groups in total. The Kier molecular flexibility index (Phi) is 4.74. The first-order valence-corrected chi connectivity index (χ1v) is 4.86. The molecule has 0 spiro atoms. The van der Waals surface area contributed by atoms with Gasteiger partial charge in [0.2, 0.25) is 0 Å². The van der Waals surface area contributed by atoms with Crippen molar-refractivity contribution in [1.29, 1.82) is 0 Å². The monoisotopic (exact) mass is 231 g/mol. The van der Waals surface area contributed by atoms with Gasteiger partial charge in [-0.15, -0.1) is 0 Å². The van der Waals surface area contributed by atoms with Crippen molar-refractivity contribution in [3.8, 4) is 0 Å². The number of anilines is 1. The normalized spacial score (nSPS) is 12.5. The smallest absolute Gasteiger partial charge is 0.150 e. The van der Waals surface area contributed by atoms with Gasteiger partial charge in [-0.25, -0.2) is 9.97 Å². The lowest BCUT2D eigenvalue weighted by Gasteiger charge is -2.21. The average molecular weight is 232 g/mol. The molecule has 1 heterocycles. The summed E-state index contributed by atoms with van der Waals surface area (Å²) in [6.45, 7) is 0.692. The van der Waals surface area contributed by atoms with Gasteiger partial charge in [-0.2, -0.15) is 0 Å². The number of methoxy groups -OCH3 is 1. The number of rotatable bonds is 5. The largest absolute Gasteiger partial charge is 0.389 e. The van der Waals surface area contributed by atoms with E-state index in [1.807, 2.05) is 0 Å². The third kappa shape index (κ3) is 3.62. The molecule has 0 aromatic carbocycles. The number of nitrogens with zero attached hydrogens (tertiary/aromatic N) is 3. The zero-order chi connectivity index (χ0) is 11.3. The van der Waals surface area contributed by atoms with Gasteiger partial charge in [0.1, 0.15) is 11.3 Å². The van der Waals surface area contributed by atoms with Crippen LogP contribution in [-0.4, -0.2) is 48.5 Å². The molecule has 1 rings (SSSR count). The van der Waals surface area contributed by atoms with E-state index >= 15 is 0 Å². The van der Waals surface area contributed by atoms with Crippen molar-refractivity contribution in [2.24, 2.45) is 0 Å². The maximum absolute atomic E-state index is 9.52. The highest BCUT2D eigenvalue weighted by molar-refractivity contribution is 6.32. The molecule has 1 unspecified atom stereocenters. The highest BCUT2D eigenvalue weighted by Crippen LogP contribution is 2.19. The van der Waals surface area contributed by atoms with E-state index in [-0.39, 0.29) is 6.61 Å². The summed E-state index contributed by atoms with van der Waals surface area (Å²) < 4.78 is 4.83. The second-order valence-electron chi connectivity index (χ2n) is 3.18. The first kappa shape index (κ1) is 12.2. The summed E-state index contributed by atoms with van der Waals surface area (Å²) in [5.74, 6) is 0.599. The molecular formula is C9H14ClN3O2. The number of aliphatic hydroxyl groups excluding tert-OH is 1. The minimum atomic E-state index is -0.564. The van der Waals surface area contributed by atoms with Crippen LogP contribution in [0.5, 0.6) is 0 Å². The number of hydrogen-bond acceptors (Lipinski definition) is 5. The van der Waals surface area contributed by atoms with Crippen molar-refractivity contribution in [3.05, 3.63) is 17.5 Å². The fourth-order valence-electron chi connectivity index (χ4n) is 1.23. The van der Waals surface area contributed by atoms with E-state index in [4.69, 9.17) is 16.3 Å². The summed E-state index contributed by atoms with van der Waals surface area (Å²) in [6.07, 6.45) is 2.37.